The molecule has 2 N–H and O–H groups in total. The van der Waals surface area contributed by atoms with Crippen LogP contribution < -0.4 is 10.6 Å². The number of nitrogens with zero attached hydrogens (tertiary/aromatic N) is 3. The van der Waals surface area contributed by atoms with Crippen LogP contribution >= 0.6 is 11.6 Å². The number of likely N-dealkylation sites (N-methyl/N-ethyl adjacent to an activating group) is 1. The van der Waals surface area contributed by atoms with Gasteiger partial charge < -0.3 is 10.6 Å². The predicted octanol–water partition coefficient (Wildman–Crippen LogP) is 1.87. The lowest BCUT2D eigenvalue weighted by atomic mass is 10.2. The van der Waals surface area contributed by atoms with Crippen molar-refractivity contribution < 1.29 is 4.79 Å². The Hall–Kier alpha value is -1.36. The van der Waals surface area contributed by atoms with E-state index in [9.17, 15) is 4.79 Å². The molecular formula is C12H19ClN4O. The Morgan fingerprint density at radius 2 is 2.06 bits per heavy atom. The van der Waals surface area contributed by atoms with Crippen LogP contribution in [0.3, 0.4) is 0 Å². The summed E-state index contributed by atoms with van der Waals surface area (Å²) in [7, 11) is 0. The Balaban J connectivity index is 3.23. The summed E-state index contributed by atoms with van der Waals surface area (Å²) in [4.78, 5) is 21.6. The molecule has 0 unspecified atom stereocenters. The number of hydrogen-bond acceptors (Lipinski definition) is 4. The molecule has 0 aliphatic carbocycles. The highest BCUT2D eigenvalue weighted by Crippen LogP contribution is 2.25. The quantitative estimate of drug-likeness (QED) is 0.829. The van der Waals surface area contributed by atoms with Gasteiger partial charge in [0.25, 0.3) is 0 Å². The molecule has 1 aromatic rings. The van der Waals surface area contributed by atoms with Crippen molar-refractivity contribution in [2.75, 3.05) is 18.0 Å². The van der Waals surface area contributed by atoms with Crippen molar-refractivity contribution in [3.05, 3.63) is 16.5 Å². The van der Waals surface area contributed by atoms with Gasteiger partial charge in [0, 0.05) is 18.0 Å². The molecule has 0 spiro atoms. The third kappa shape index (κ3) is 3.32. The van der Waals surface area contributed by atoms with Crippen molar-refractivity contribution in [1.82, 2.24) is 9.97 Å². The zero-order chi connectivity index (χ0) is 13.9. The van der Waals surface area contributed by atoms with E-state index in [2.05, 4.69) is 9.97 Å². The summed E-state index contributed by atoms with van der Waals surface area (Å²) in [5.41, 5.74) is 6.00. The molecule has 1 aromatic heterocycles. The highest BCUT2D eigenvalue weighted by atomic mass is 35.5. The third-order valence-corrected chi connectivity index (χ3v) is 2.99. The summed E-state index contributed by atoms with van der Waals surface area (Å²) in [6.45, 7) is 8.53. The van der Waals surface area contributed by atoms with Crippen LogP contribution in [0.4, 0.5) is 5.82 Å². The fourth-order valence-electron chi connectivity index (χ4n) is 1.58. The van der Waals surface area contributed by atoms with E-state index < -0.39 is 5.91 Å². The van der Waals surface area contributed by atoms with Gasteiger partial charge in [-0.05, 0) is 13.8 Å². The van der Waals surface area contributed by atoms with Gasteiger partial charge >= 0.3 is 0 Å². The van der Waals surface area contributed by atoms with E-state index in [0.717, 1.165) is 5.56 Å². The van der Waals surface area contributed by atoms with E-state index in [0.29, 0.717) is 23.3 Å². The van der Waals surface area contributed by atoms with Crippen LogP contribution in [0, 0.1) is 6.92 Å². The lowest BCUT2D eigenvalue weighted by Crippen LogP contribution is -2.35. The molecule has 1 rings (SSSR count). The Morgan fingerprint density at radius 1 is 1.44 bits per heavy atom. The number of halogens is 1. The Bertz CT molecular complexity index is 448. The normalized spacial score (nSPS) is 10.8. The van der Waals surface area contributed by atoms with E-state index in [1.54, 1.807) is 4.90 Å². The number of carbonyl (C=O) groups excluding carboxylic acids is 1. The first kappa shape index (κ1) is 14.7. The topological polar surface area (TPSA) is 72.1 Å². The summed E-state index contributed by atoms with van der Waals surface area (Å²) in [6, 6.07) is 0. The second-order valence-electron chi connectivity index (χ2n) is 4.46. The average molecular weight is 271 g/mol. The van der Waals surface area contributed by atoms with Crippen LogP contribution in [0.25, 0.3) is 0 Å². The van der Waals surface area contributed by atoms with Gasteiger partial charge in [-0.2, -0.15) is 0 Å². The Morgan fingerprint density at radius 3 is 2.50 bits per heavy atom. The van der Waals surface area contributed by atoms with Crippen molar-refractivity contribution in [2.24, 2.45) is 5.73 Å². The summed E-state index contributed by atoms with van der Waals surface area (Å²) in [6.07, 6.45) is 0. The standard InChI is InChI=1S/C12H19ClN4O/c1-5-17(6-9(14)18)12-8(4)10(13)15-11(16-12)7(2)3/h7H,5-6H2,1-4H3,(H2,14,18). The van der Waals surface area contributed by atoms with Crippen molar-refractivity contribution >= 4 is 23.3 Å². The second kappa shape index (κ2) is 6.00. The maximum Gasteiger partial charge on any atom is 0.236 e. The van der Waals surface area contributed by atoms with Gasteiger partial charge in [0.1, 0.15) is 16.8 Å². The molecule has 0 saturated carbocycles. The molecule has 6 heteroatoms. The maximum absolute atomic E-state index is 11.1. The number of hydrogen-bond donors (Lipinski definition) is 1. The molecule has 0 radical (unpaired) electrons. The smallest absolute Gasteiger partial charge is 0.236 e. The fourth-order valence-corrected chi connectivity index (χ4v) is 1.76. The van der Waals surface area contributed by atoms with E-state index >= 15 is 0 Å². The van der Waals surface area contributed by atoms with Crippen molar-refractivity contribution in [3.8, 4) is 0 Å². The van der Waals surface area contributed by atoms with Crippen LogP contribution in [0.15, 0.2) is 0 Å². The number of rotatable bonds is 5. The van der Waals surface area contributed by atoms with Crippen LogP contribution in [-0.2, 0) is 4.79 Å². The summed E-state index contributed by atoms with van der Waals surface area (Å²) < 4.78 is 0. The van der Waals surface area contributed by atoms with Crippen LogP contribution in [-0.4, -0.2) is 29.0 Å². The number of anilines is 1. The molecule has 0 fully saturated rings. The zero-order valence-corrected chi connectivity index (χ0v) is 12.0. The monoisotopic (exact) mass is 270 g/mol. The molecule has 18 heavy (non-hydrogen) atoms. The first-order chi connectivity index (χ1) is 8.36. The fraction of sp³-hybridized carbons (Fsp3) is 0.583. The van der Waals surface area contributed by atoms with Gasteiger partial charge in [-0.3, -0.25) is 4.79 Å². The number of amides is 1. The molecule has 0 aromatic carbocycles. The number of primary amides is 1. The highest BCUT2D eigenvalue weighted by Gasteiger charge is 2.17. The van der Waals surface area contributed by atoms with Gasteiger partial charge in [-0.1, -0.05) is 25.4 Å². The zero-order valence-electron chi connectivity index (χ0n) is 11.2. The number of carbonyl (C=O) groups is 1. The van der Waals surface area contributed by atoms with E-state index in [1.165, 1.54) is 0 Å². The van der Waals surface area contributed by atoms with Crippen LogP contribution in [0.2, 0.25) is 5.15 Å². The average Bonchev–Trinajstić information content (AvgIpc) is 2.29. The maximum atomic E-state index is 11.1. The van der Waals surface area contributed by atoms with E-state index in [-0.39, 0.29) is 12.5 Å². The Kier molecular flexibility index (Phi) is 4.90. The minimum atomic E-state index is -0.392. The molecule has 0 aliphatic rings. The molecule has 0 aliphatic heterocycles. The molecule has 5 nitrogen and oxygen atoms in total. The van der Waals surface area contributed by atoms with Gasteiger partial charge in [-0.15, -0.1) is 0 Å². The summed E-state index contributed by atoms with van der Waals surface area (Å²) in [5, 5.41) is 0.423. The number of aromatic nitrogens is 2. The van der Waals surface area contributed by atoms with Crippen LogP contribution in [0.1, 0.15) is 38.1 Å². The van der Waals surface area contributed by atoms with Crippen molar-refractivity contribution in [3.63, 3.8) is 0 Å². The highest BCUT2D eigenvalue weighted by molar-refractivity contribution is 6.30. The lowest BCUT2D eigenvalue weighted by molar-refractivity contribution is -0.116. The van der Waals surface area contributed by atoms with Crippen molar-refractivity contribution in [1.29, 1.82) is 0 Å². The van der Waals surface area contributed by atoms with E-state index in [1.807, 2.05) is 27.7 Å². The molecule has 0 bridgehead atoms. The molecule has 1 amide bonds. The largest absolute Gasteiger partial charge is 0.368 e. The SMILES string of the molecule is CCN(CC(N)=O)c1nc(C(C)C)nc(Cl)c1C. The Labute approximate surface area is 112 Å². The van der Waals surface area contributed by atoms with E-state index in [4.69, 9.17) is 17.3 Å². The molecule has 100 valence electrons. The van der Waals surface area contributed by atoms with Gasteiger partial charge in [0.15, 0.2) is 0 Å². The van der Waals surface area contributed by atoms with Gasteiger partial charge in [-0.25, -0.2) is 9.97 Å². The van der Waals surface area contributed by atoms with Crippen LogP contribution in [0.5, 0.6) is 0 Å². The predicted molar refractivity (Wildman–Crippen MR) is 72.9 cm³/mol. The van der Waals surface area contributed by atoms with Gasteiger partial charge in [0.05, 0.1) is 6.54 Å². The lowest BCUT2D eigenvalue weighted by Gasteiger charge is -2.23. The second-order valence-corrected chi connectivity index (χ2v) is 4.81. The third-order valence-electron chi connectivity index (χ3n) is 2.62. The molecule has 0 saturated heterocycles. The first-order valence-corrected chi connectivity index (χ1v) is 6.31. The molecular weight excluding hydrogens is 252 g/mol. The minimum Gasteiger partial charge on any atom is -0.368 e. The number of nitrogens with two attached hydrogens (primary N) is 1. The summed E-state index contributed by atoms with van der Waals surface area (Å²) in [5.74, 6) is 1.13. The minimum absolute atomic E-state index is 0.127. The first-order valence-electron chi connectivity index (χ1n) is 5.94. The molecule has 0 atom stereocenters. The van der Waals surface area contributed by atoms with Gasteiger partial charge in [0.2, 0.25) is 5.91 Å². The molecule has 1 heterocycles. The van der Waals surface area contributed by atoms with Crippen molar-refractivity contribution in [2.45, 2.75) is 33.6 Å². The summed E-state index contributed by atoms with van der Waals surface area (Å²) >= 11 is 6.11.